The zero-order chi connectivity index (χ0) is 15.8. The molecule has 0 unspecified atom stereocenters. The molecule has 2 aromatic rings. The summed E-state index contributed by atoms with van der Waals surface area (Å²) in [6, 6.07) is 16.2. The monoisotopic (exact) mass is 313 g/mol. The molecule has 0 bridgehead atoms. The van der Waals surface area contributed by atoms with Crippen LogP contribution < -0.4 is 16.4 Å². The number of anilines is 2. The van der Waals surface area contributed by atoms with Crippen molar-refractivity contribution < 1.29 is 0 Å². The minimum atomic E-state index is 0.601. The van der Waals surface area contributed by atoms with Gasteiger partial charge in [-0.2, -0.15) is 0 Å². The maximum Gasteiger partial charge on any atom is 0.171 e. The number of hydrogen-bond donors (Lipinski definition) is 3. The molecule has 0 aromatic heterocycles. The van der Waals surface area contributed by atoms with Gasteiger partial charge in [-0.15, -0.1) is 0 Å². The topological polar surface area (TPSA) is 50.1 Å². The molecule has 0 amide bonds. The van der Waals surface area contributed by atoms with E-state index in [0.717, 1.165) is 23.4 Å². The van der Waals surface area contributed by atoms with E-state index in [4.69, 9.17) is 18.0 Å². The summed E-state index contributed by atoms with van der Waals surface area (Å²) in [6.45, 7) is 2.83. The van der Waals surface area contributed by atoms with Crippen LogP contribution in [-0.2, 0) is 13.0 Å². The lowest BCUT2D eigenvalue weighted by atomic mass is 10.1. The fraction of sp³-hybridized carbons (Fsp3) is 0.278. The molecule has 0 heterocycles. The molecule has 0 saturated carbocycles. The van der Waals surface area contributed by atoms with Crippen LogP contribution in [0.25, 0.3) is 0 Å². The van der Waals surface area contributed by atoms with Gasteiger partial charge >= 0.3 is 0 Å². The molecular weight excluding hydrogens is 290 g/mol. The van der Waals surface area contributed by atoms with Gasteiger partial charge in [0.25, 0.3) is 0 Å². The van der Waals surface area contributed by atoms with Crippen LogP contribution in [0.3, 0.4) is 0 Å². The van der Waals surface area contributed by atoms with Gasteiger partial charge < -0.3 is 16.4 Å². The Balaban J connectivity index is 1.83. The van der Waals surface area contributed by atoms with E-state index in [1.807, 2.05) is 24.3 Å². The van der Waals surface area contributed by atoms with Gasteiger partial charge in [0.15, 0.2) is 5.11 Å². The first kappa shape index (κ1) is 16.3. The number of nitrogens with one attached hydrogen (secondary N) is 2. The molecule has 4 heteroatoms. The molecule has 0 fully saturated rings. The second-order valence-electron chi connectivity index (χ2n) is 5.31. The number of aryl methyl sites for hydroxylation is 1. The van der Waals surface area contributed by atoms with Crippen LogP contribution >= 0.6 is 12.2 Å². The van der Waals surface area contributed by atoms with Crippen LogP contribution in [0.4, 0.5) is 11.4 Å². The highest BCUT2D eigenvalue weighted by Gasteiger charge is 2.01. The summed E-state index contributed by atoms with van der Waals surface area (Å²) in [6.07, 6.45) is 3.58. The summed E-state index contributed by atoms with van der Waals surface area (Å²) in [7, 11) is 0. The summed E-state index contributed by atoms with van der Waals surface area (Å²) in [5.74, 6) is 0. The van der Waals surface area contributed by atoms with Crippen molar-refractivity contribution in [2.45, 2.75) is 32.7 Å². The third-order valence-electron chi connectivity index (χ3n) is 3.53. The van der Waals surface area contributed by atoms with E-state index in [2.05, 4.69) is 41.8 Å². The molecule has 0 aliphatic carbocycles. The summed E-state index contributed by atoms with van der Waals surface area (Å²) in [4.78, 5) is 0. The molecule has 0 saturated heterocycles. The SMILES string of the molecule is CCCCc1ccc(NC(=S)NCc2ccccc2N)cc1. The minimum Gasteiger partial charge on any atom is -0.398 e. The smallest absolute Gasteiger partial charge is 0.171 e. The molecular formula is C18H23N3S. The molecule has 2 aromatic carbocycles. The first-order valence-corrected chi connectivity index (χ1v) is 8.07. The molecule has 4 N–H and O–H groups in total. The predicted molar refractivity (Wildman–Crippen MR) is 99.0 cm³/mol. The fourth-order valence-electron chi connectivity index (χ4n) is 2.18. The number of benzene rings is 2. The van der Waals surface area contributed by atoms with E-state index in [-0.39, 0.29) is 0 Å². The largest absolute Gasteiger partial charge is 0.398 e. The molecule has 2 rings (SSSR count). The maximum atomic E-state index is 5.91. The van der Waals surface area contributed by atoms with E-state index < -0.39 is 0 Å². The average Bonchev–Trinajstić information content (AvgIpc) is 2.53. The number of hydrogen-bond acceptors (Lipinski definition) is 2. The summed E-state index contributed by atoms with van der Waals surface area (Å²) in [5, 5.41) is 6.97. The highest BCUT2D eigenvalue weighted by molar-refractivity contribution is 7.80. The van der Waals surface area contributed by atoms with Gasteiger partial charge in [-0.3, -0.25) is 0 Å². The van der Waals surface area contributed by atoms with Crippen molar-refractivity contribution in [3.8, 4) is 0 Å². The highest BCUT2D eigenvalue weighted by Crippen LogP contribution is 2.12. The van der Waals surface area contributed by atoms with Crippen LogP contribution in [0.1, 0.15) is 30.9 Å². The lowest BCUT2D eigenvalue weighted by molar-refractivity contribution is 0.795. The molecule has 22 heavy (non-hydrogen) atoms. The summed E-state index contributed by atoms with van der Waals surface area (Å²) in [5.41, 5.74) is 10.1. The summed E-state index contributed by atoms with van der Waals surface area (Å²) < 4.78 is 0. The van der Waals surface area contributed by atoms with Gasteiger partial charge in [-0.1, -0.05) is 43.7 Å². The third-order valence-corrected chi connectivity index (χ3v) is 3.77. The number of para-hydroxylation sites is 1. The zero-order valence-corrected chi connectivity index (χ0v) is 13.7. The van der Waals surface area contributed by atoms with Crippen molar-refractivity contribution in [1.82, 2.24) is 5.32 Å². The van der Waals surface area contributed by atoms with Crippen molar-refractivity contribution in [3.05, 3.63) is 59.7 Å². The number of nitrogens with two attached hydrogens (primary N) is 1. The van der Waals surface area contributed by atoms with Crippen LogP contribution in [0.2, 0.25) is 0 Å². The molecule has 116 valence electrons. The minimum absolute atomic E-state index is 0.601. The molecule has 0 aliphatic rings. The van der Waals surface area contributed by atoms with Gasteiger partial charge in [0.2, 0.25) is 0 Å². The van der Waals surface area contributed by atoms with Crippen molar-refractivity contribution in [2.75, 3.05) is 11.1 Å². The van der Waals surface area contributed by atoms with Crippen LogP contribution in [-0.4, -0.2) is 5.11 Å². The van der Waals surface area contributed by atoms with Crippen LogP contribution in [0, 0.1) is 0 Å². The normalized spacial score (nSPS) is 10.2. The Labute approximate surface area is 137 Å². The summed E-state index contributed by atoms with van der Waals surface area (Å²) >= 11 is 5.32. The fourth-order valence-corrected chi connectivity index (χ4v) is 2.37. The second kappa shape index (κ2) is 8.39. The standard InChI is InChI=1S/C18H23N3S/c1-2-3-6-14-9-11-16(12-10-14)21-18(22)20-13-15-7-4-5-8-17(15)19/h4-5,7-12H,2-3,6,13,19H2,1H3,(H2,20,21,22). The Kier molecular flexibility index (Phi) is 6.22. The molecule has 3 nitrogen and oxygen atoms in total. The van der Waals surface area contributed by atoms with E-state index in [1.54, 1.807) is 0 Å². The Hall–Kier alpha value is -2.07. The Morgan fingerprint density at radius 3 is 2.50 bits per heavy atom. The number of rotatable bonds is 6. The number of unbranched alkanes of at least 4 members (excludes halogenated alkanes) is 1. The van der Waals surface area contributed by atoms with E-state index in [1.165, 1.54) is 18.4 Å². The Morgan fingerprint density at radius 1 is 1.09 bits per heavy atom. The highest BCUT2D eigenvalue weighted by atomic mass is 32.1. The Morgan fingerprint density at radius 2 is 1.82 bits per heavy atom. The quantitative estimate of drug-likeness (QED) is 0.555. The second-order valence-corrected chi connectivity index (χ2v) is 5.72. The van der Waals surface area contributed by atoms with Gasteiger partial charge in [-0.25, -0.2) is 0 Å². The van der Waals surface area contributed by atoms with Crippen molar-refractivity contribution >= 4 is 28.7 Å². The van der Waals surface area contributed by atoms with Gasteiger partial charge in [0.05, 0.1) is 0 Å². The zero-order valence-electron chi connectivity index (χ0n) is 12.9. The van der Waals surface area contributed by atoms with Gasteiger partial charge in [0.1, 0.15) is 0 Å². The molecule has 0 radical (unpaired) electrons. The predicted octanol–water partition coefficient (Wildman–Crippen LogP) is 4.10. The number of nitrogen functional groups attached to an aromatic ring is 1. The van der Waals surface area contributed by atoms with Crippen molar-refractivity contribution in [2.24, 2.45) is 0 Å². The van der Waals surface area contributed by atoms with Crippen LogP contribution in [0.15, 0.2) is 48.5 Å². The lowest BCUT2D eigenvalue weighted by Gasteiger charge is -2.12. The molecule has 0 aliphatic heterocycles. The van der Waals surface area contributed by atoms with E-state index in [0.29, 0.717) is 11.7 Å². The van der Waals surface area contributed by atoms with E-state index >= 15 is 0 Å². The third kappa shape index (κ3) is 5.04. The van der Waals surface area contributed by atoms with Gasteiger partial charge in [0, 0.05) is 17.9 Å². The van der Waals surface area contributed by atoms with Crippen molar-refractivity contribution in [1.29, 1.82) is 0 Å². The van der Waals surface area contributed by atoms with Crippen LogP contribution in [0.5, 0.6) is 0 Å². The number of thiocarbonyl (C=S) groups is 1. The lowest BCUT2D eigenvalue weighted by Crippen LogP contribution is -2.28. The first-order valence-electron chi connectivity index (χ1n) is 7.66. The average molecular weight is 313 g/mol. The molecule has 0 spiro atoms. The maximum absolute atomic E-state index is 5.91. The Bertz CT molecular complexity index is 608. The van der Waals surface area contributed by atoms with E-state index in [9.17, 15) is 0 Å². The first-order chi connectivity index (χ1) is 10.7. The van der Waals surface area contributed by atoms with Gasteiger partial charge in [-0.05, 0) is 54.4 Å². The van der Waals surface area contributed by atoms with Crippen molar-refractivity contribution in [3.63, 3.8) is 0 Å². The molecule has 0 atom stereocenters.